The van der Waals surface area contributed by atoms with E-state index >= 15 is 0 Å². The Hall–Kier alpha value is -0.130. The lowest BCUT2D eigenvalue weighted by molar-refractivity contribution is 0.168. The van der Waals surface area contributed by atoms with Gasteiger partial charge in [-0.2, -0.15) is 0 Å². The summed E-state index contributed by atoms with van der Waals surface area (Å²) in [5.74, 6) is 0.806. The fourth-order valence-electron chi connectivity index (χ4n) is 1.82. The fourth-order valence-corrected chi connectivity index (χ4v) is 3.63. The van der Waals surface area contributed by atoms with Crippen molar-refractivity contribution in [2.75, 3.05) is 31.7 Å². The maximum Gasteiger partial charge on any atom is 0.151 e. The highest BCUT2D eigenvalue weighted by molar-refractivity contribution is 7.91. The first kappa shape index (κ1) is 11.9. The molecule has 0 amide bonds. The van der Waals surface area contributed by atoms with Gasteiger partial charge in [0, 0.05) is 19.2 Å². The quantitative estimate of drug-likeness (QED) is 0.710. The molecular formula is C9H19NO3S. The molecule has 1 fully saturated rings. The molecule has 2 atom stereocenters. The van der Waals surface area contributed by atoms with E-state index in [9.17, 15) is 8.42 Å². The monoisotopic (exact) mass is 221 g/mol. The summed E-state index contributed by atoms with van der Waals surface area (Å²) in [6.45, 7) is 2.88. The lowest BCUT2D eigenvalue weighted by Gasteiger charge is -2.25. The minimum absolute atomic E-state index is 0.147. The lowest BCUT2D eigenvalue weighted by Crippen LogP contribution is -2.36. The molecule has 1 heterocycles. The topological polar surface area (TPSA) is 57.6 Å². The van der Waals surface area contributed by atoms with Gasteiger partial charge in [-0.25, -0.2) is 8.42 Å². The van der Waals surface area contributed by atoms with Crippen molar-refractivity contribution in [3.8, 4) is 0 Å². The van der Waals surface area contributed by atoms with Gasteiger partial charge < -0.3 is 10.0 Å². The van der Waals surface area contributed by atoms with Crippen molar-refractivity contribution >= 4 is 9.84 Å². The smallest absolute Gasteiger partial charge is 0.151 e. The van der Waals surface area contributed by atoms with E-state index in [2.05, 4.69) is 0 Å². The maximum atomic E-state index is 11.2. The Bertz CT molecular complexity index is 276. The normalized spacial score (nSPS) is 28.1. The number of hydrogen-bond acceptors (Lipinski definition) is 4. The van der Waals surface area contributed by atoms with Crippen molar-refractivity contribution in [1.29, 1.82) is 0 Å². The molecule has 0 aliphatic carbocycles. The first-order chi connectivity index (χ1) is 6.44. The van der Waals surface area contributed by atoms with Crippen LogP contribution in [0.1, 0.15) is 13.3 Å². The van der Waals surface area contributed by atoms with Gasteiger partial charge in [0.2, 0.25) is 0 Å². The number of aliphatic hydroxyl groups is 1. The van der Waals surface area contributed by atoms with Crippen LogP contribution in [0.5, 0.6) is 0 Å². The van der Waals surface area contributed by atoms with Crippen molar-refractivity contribution in [3.63, 3.8) is 0 Å². The average Bonchev–Trinajstić information content (AvgIpc) is 2.46. The van der Waals surface area contributed by atoms with Crippen LogP contribution in [-0.4, -0.2) is 56.2 Å². The molecule has 0 aromatic heterocycles. The molecule has 1 aliphatic heterocycles. The van der Waals surface area contributed by atoms with Crippen LogP contribution in [0.25, 0.3) is 0 Å². The molecule has 14 heavy (non-hydrogen) atoms. The van der Waals surface area contributed by atoms with Gasteiger partial charge in [-0.05, 0) is 19.4 Å². The molecule has 1 aliphatic rings. The van der Waals surface area contributed by atoms with Crippen molar-refractivity contribution in [2.45, 2.75) is 19.4 Å². The Labute approximate surface area is 85.8 Å². The zero-order valence-corrected chi connectivity index (χ0v) is 9.63. The van der Waals surface area contributed by atoms with Gasteiger partial charge in [-0.1, -0.05) is 6.92 Å². The van der Waals surface area contributed by atoms with E-state index in [4.69, 9.17) is 5.11 Å². The van der Waals surface area contributed by atoms with E-state index in [1.54, 1.807) is 0 Å². The van der Waals surface area contributed by atoms with Gasteiger partial charge >= 0.3 is 0 Å². The Morgan fingerprint density at radius 2 is 2.21 bits per heavy atom. The molecule has 0 radical (unpaired) electrons. The van der Waals surface area contributed by atoms with E-state index in [1.165, 1.54) is 0 Å². The Morgan fingerprint density at radius 1 is 1.57 bits per heavy atom. The third-order valence-corrected chi connectivity index (χ3v) is 4.49. The average molecular weight is 221 g/mol. The summed E-state index contributed by atoms with van der Waals surface area (Å²) in [7, 11) is -0.859. The van der Waals surface area contributed by atoms with Crippen LogP contribution < -0.4 is 0 Å². The largest absolute Gasteiger partial charge is 0.396 e. The lowest BCUT2D eigenvalue weighted by atomic mass is 10.1. The summed E-state index contributed by atoms with van der Waals surface area (Å²) >= 11 is 0. The second kappa shape index (κ2) is 4.59. The van der Waals surface area contributed by atoms with E-state index in [1.807, 2.05) is 18.9 Å². The number of hydrogen-bond donors (Lipinski definition) is 1. The summed E-state index contributed by atoms with van der Waals surface area (Å²) in [5.41, 5.74) is 0. The van der Waals surface area contributed by atoms with Crippen LogP contribution in [0.2, 0.25) is 0 Å². The predicted molar refractivity (Wildman–Crippen MR) is 55.9 cm³/mol. The van der Waals surface area contributed by atoms with Crippen LogP contribution >= 0.6 is 0 Å². The summed E-state index contributed by atoms with van der Waals surface area (Å²) in [6.07, 6.45) is 0.733. The zero-order chi connectivity index (χ0) is 10.8. The number of sulfone groups is 1. The number of rotatable bonds is 4. The van der Waals surface area contributed by atoms with E-state index in [0.29, 0.717) is 5.75 Å². The summed E-state index contributed by atoms with van der Waals surface area (Å²) < 4.78 is 22.4. The first-order valence-electron chi connectivity index (χ1n) is 4.96. The molecule has 5 heteroatoms. The second-order valence-electron chi connectivity index (χ2n) is 4.28. The second-order valence-corrected chi connectivity index (χ2v) is 6.51. The van der Waals surface area contributed by atoms with E-state index in [-0.39, 0.29) is 24.3 Å². The van der Waals surface area contributed by atoms with E-state index < -0.39 is 9.84 Å². The molecule has 4 nitrogen and oxygen atoms in total. The Balaban J connectivity index is 2.43. The van der Waals surface area contributed by atoms with Crippen LogP contribution in [0.4, 0.5) is 0 Å². The molecule has 0 aromatic carbocycles. The predicted octanol–water partition coefficient (Wildman–Crippen LogP) is -0.266. The maximum absolute atomic E-state index is 11.2. The highest BCUT2D eigenvalue weighted by Crippen LogP contribution is 2.17. The van der Waals surface area contributed by atoms with Crippen LogP contribution in [0, 0.1) is 5.92 Å². The molecule has 1 rings (SSSR count). The standard InChI is InChI=1S/C9H19NO3S/c1-8(6-11)5-10(2)9-3-4-14(12,13)7-9/h8-9,11H,3-7H2,1-2H3. The van der Waals surface area contributed by atoms with Gasteiger partial charge in [0.1, 0.15) is 0 Å². The van der Waals surface area contributed by atoms with Gasteiger partial charge in [0.15, 0.2) is 9.84 Å². The van der Waals surface area contributed by atoms with Gasteiger partial charge in [0.05, 0.1) is 11.5 Å². The Kier molecular flexibility index (Phi) is 3.92. The molecule has 0 aromatic rings. The Morgan fingerprint density at radius 3 is 2.64 bits per heavy atom. The van der Waals surface area contributed by atoms with Gasteiger partial charge in [0.25, 0.3) is 0 Å². The molecule has 0 bridgehead atoms. The van der Waals surface area contributed by atoms with E-state index in [0.717, 1.165) is 13.0 Å². The number of aliphatic hydroxyl groups excluding tert-OH is 1. The fraction of sp³-hybridized carbons (Fsp3) is 1.00. The molecule has 0 spiro atoms. The van der Waals surface area contributed by atoms with Crippen LogP contribution in [0.3, 0.4) is 0 Å². The molecular weight excluding hydrogens is 202 g/mol. The summed E-state index contributed by atoms with van der Waals surface area (Å²) in [4.78, 5) is 2.05. The van der Waals surface area contributed by atoms with Crippen molar-refractivity contribution < 1.29 is 13.5 Å². The third kappa shape index (κ3) is 3.22. The SMILES string of the molecule is CC(CO)CN(C)C1CCS(=O)(=O)C1. The summed E-state index contributed by atoms with van der Waals surface area (Å²) in [5, 5.41) is 8.88. The molecule has 2 unspecified atom stereocenters. The highest BCUT2D eigenvalue weighted by Gasteiger charge is 2.30. The first-order valence-corrected chi connectivity index (χ1v) is 6.78. The molecule has 1 saturated heterocycles. The van der Waals surface area contributed by atoms with Crippen LogP contribution in [0.15, 0.2) is 0 Å². The van der Waals surface area contributed by atoms with Crippen molar-refractivity contribution in [3.05, 3.63) is 0 Å². The van der Waals surface area contributed by atoms with Crippen LogP contribution in [-0.2, 0) is 9.84 Å². The minimum atomic E-state index is -2.79. The van der Waals surface area contributed by atoms with Crippen molar-refractivity contribution in [1.82, 2.24) is 4.90 Å². The van der Waals surface area contributed by atoms with Gasteiger partial charge in [-0.3, -0.25) is 0 Å². The third-order valence-electron chi connectivity index (χ3n) is 2.74. The van der Waals surface area contributed by atoms with Crippen molar-refractivity contribution in [2.24, 2.45) is 5.92 Å². The number of nitrogens with zero attached hydrogens (tertiary/aromatic N) is 1. The molecule has 0 saturated carbocycles. The summed E-state index contributed by atoms with van der Waals surface area (Å²) in [6, 6.07) is 0.147. The molecule has 1 N–H and O–H groups in total. The minimum Gasteiger partial charge on any atom is -0.396 e. The molecule has 84 valence electrons. The zero-order valence-electron chi connectivity index (χ0n) is 8.81. The highest BCUT2D eigenvalue weighted by atomic mass is 32.2. The van der Waals surface area contributed by atoms with Gasteiger partial charge in [-0.15, -0.1) is 0 Å².